The van der Waals surface area contributed by atoms with E-state index in [0.717, 1.165) is 24.3 Å². The van der Waals surface area contributed by atoms with Gasteiger partial charge in [0.1, 0.15) is 6.04 Å². The molecule has 2 heterocycles. The lowest BCUT2D eigenvalue weighted by Crippen LogP contribution is -2.40. The molecular weight excluding hydrogens is 238 g/mol. The monoisotopic (exact) mass is 259 g/mol. The summed E-state index contributed by atoms with van der Waals surface area (Å²) in [6.07, 6.45) is 2.49. The molecule has 1 saturated heterocycles. The van der Waals surface area contributed by atoms with Gasteiger partial charge in [0.05, 0.1) is 0 Å². The molecule has 4 nitrogen and oxygen atoms in total. The molecular formula is C15H21N3O. The second-order valence-electron chi connectivity index (χ2n) is 6.43. The molecule has 2 aliphatic rings. The third-order valence-electron chi connectivity index (χ3n) is 4.18. The summed E-state index contributed by atoms with van der Waals surface area (Å²) < 4.78 is 0. The highest BCUT2D eigenvalue weighted by Crippen LogP contribution is 2.36. The minimum absolute atomic E-state index is 0.105. The fourth-order valence-electron chi connectivity index (χ4n) is 3.12. The molecule has 0 aromatic heterocycles. The van der Waals surface area contributed by atoms with E-state index in [2.05, 4.69) is 36.2 Å². The highest BCUT2D eigenvalue weighted by Gasteiger charge is 2.30. The van der Waals surface area contributed by atoms with Gasteiger partial charge in [0.2, 0.25) is 5.91 Å². The van der Waals surface area contributed by atoms with E-state index >= 15 is 0 Å². The number of anilines is 2. The Morgan fingerprint density at radius 2 is 2.21 bits per heavy atom. The van der Waals surface area contributed by atoms with Crippen LogP contribution in [0.15, 0.2) is 18.2 Å². The minimum Gasteiger partial charge on any atom is -0.371 e. The molecule has 102 valence electrons. The van der Waals surface area contributed by atoms with Crippen LogP contribution in [0, 0.1) is 5.41 Å². The zero-order valence-electron chi connectivity index (χ0n) is 11.6. The Morgan fingerprint density at radius 1 is 1.42 bits per heavy atom. The van der Waals surface area contributed by atoms with Crippen LogP contribution in [0.5, 0.6) is 0 Å². The summed E-state index contributed by atoms with van der Waals surface area (Å²) in [7, 11) is 0. The number of amides is 1. The standard InChI is InChI=1S/C15H21N3O/c1-15(2)6-3-7-18(9-15)10-4-5-11-12(8-10)17-14(19)13(11)16/h4-5,8,13H,3,6-7,9,16H2,1-2H3,(H,17,19). The fourth-order valence-corrected chi connectivity index (χ4v) is 3.12. The van der Waals surface area contributed by atoms with Crippen LogP contribution in [0.2, 0.25) is 0 Å². The zero-order valence-corrected chi connectivity index (χ0v) is 11.6. The average molecular weight is 259 g/mol. The topological polar surface area (TPSA) is 58.4 Å². The van der Waals surface area contributed by atoms with Crippen molar-refractivity contribution in [3.05, 3.63) is 23.8 Å². The number of hydrogen-bond acceptors (Lipinski definition) is 3. The summed E-state index contributed by atoms with van der Waals surface area (Å²) in [5.74, 6) is -0.105. The van der Waals surface area contributed by atoms with Crippen LogP contribution in [0.3, 0.4) is 0 Å². The fraction of sp³-hybridized carbons (Fsp3) is 0.533. The molecule has 4 heteroatoms. The Labute approximate surface area is 114 Å². The molecule has 1 atom stereocenters. The van der Waals surface area contributed by atoms with Crippen molar-refractivity contribution in [2.24, 2.45) is 11.1 Å². The van der Waals surface area contributed by atoms with Crippen LogP contribution in [-0.2, 0) is 4.79 Å². The number of piperidine rings is 1. The van der Waals surface area contributed by atoms with Crippen molar-refractivity contribution in [1.29, 1.82) is 0 Å². The molecule has 0 radical (unpaired) electrons. The van der Waals surface area contributed by atoms with E-state index in [0.29, 0.717) is 5.41 Å². The lowest BCUT2D eigenvalue weighted by atomic mass is 9.84. The Bertz CT molecular complexity index is 524. The molecule has 1 amide bonds. The Balaban J connectivity index is 1.87. The lowest BCUT2D eigenvalue weighted by Gasteiger charge is -2.39. The van der Waals surface area contributed by atoms with Gasteiger partial charge in [-0.2, -0.15) is 0 Å². The normalized spacial score (nSPS) is 25.1. The molecule has 1 unspecified atom stereocenters. The van der Waals surface area contributed by atoms with Crippen LogP contribution in [0.25, 0.3) is 0 Å². The van der Waals surface area contributed by atoms with Crippen LogP contribution in [0.4, 0.5) is 11.4 Å². The molecule has 0 saturated carbocycles. The molecule has 3 rings (SSSR count). The molecule has 1 fully saturated rings. The van der Waals surface area contributed by atoms with E-state index in [1.165, 1.54) is 18.5 Å². The average Bonchev–Trinajstić information content (AvgIpc) is 2.63. The Morgan fingerprint density at radius 3 is 2.95 bits per heavy atom. The largest absolute Gasteiger partial charge is 0.371 e. The van der Waals surface area contributed by atoms with Crippen LogP contribution >= 0.6 is 0 Å². The number of rotatable bonds is 1. The van der Waals surface area contributed by atoms with Gasteiger partial charge < -0.3 is 16.0 Å². The van der Waals surface area contributed by atoms with Gasteiger partial charge in [0, 0.05) is 30.0 Å². The number of nitrogens with two attached hydrogens (primary N) is 1. The quantitative estimate of drug-likeness (QED) is 0.813. The van der Waals surface area contributed by atoms with Gasteiger partial charge in [-0.05, 0) is 30.4 Å². The van der Waals surface area contributed by atoms with Gasteiger partial charge >= 0.3 is 0 Å². The van der Waals surface area contributed by atoms with Gasteiger partial charge in [-0.15, -0.1) is 0 Å². The first-order chi connectivity index (χ1) is 8.96. The van der Waals surface area contributed by atoms with Crippen LogP contribution < -0.4 is 16.0 Å². The van der Waals surface area contributed by atoms with Crippen molar-refractivity contribution in [3.63, 3.8) is 0 Å². The van der Waals surface area contributed by atoms with Gasteiger partial charge in [0.25, 0.3) is 0 Å². The summed E-state index contributed by atoms with van der Waals surface area (Å²) in [6.45, 7) is 6.77. The lowest BCUT2D eigenvalue weighted by molar-refractivity contribution is -0.116. The number of benzene rings is 1. The summed E-state index contributed by atoms with van der Waals surface area (Å²) in [4.78, 5) is 14.0. The molecule has 3 N–H and O–H groups in total. The number of nitrogens with one attached hydrogen (secondary N) is 1. The van der Waals surface area contributed by atoms with Crippen molar-refractivity contribution >= 4 is 17.3 Å². The van der Waals surface area contributed by atoms with E-state index in [1.807, 2.05) is 6.07 Å². The second kappa shape index (κ2) is 4.23. The molecule has 0 bridgehead atoms. The van der Waals surface area contributed by atoms with E-state index in [1.54, 1.807) is 0 Å². The number of hydrogen-bond donors (Lipinski definition) is 2. The molecule has 0 spiro atoms. The maximum absolute atomic E-state index is 11.6. The summed E-state index contributed by atoms with van der Waals surface area (Å²) in [5.41, 5.74) is 9.16. The number of nitrogens with zero attached hydrogens (tertiary/aromatic N) is 1. The van der Waals surface area contributed by atoms with E-state index < -0.39 is 6.04 Å². The van der Waals surface area contributed by atoms with Crippen LogP contribution in [-0.4, -0.2) is 19.0 Å². The summed E-state index contributed by atoms with van der Waals surface area (Å²) >= 11 is 0. The highest BCUT2D eigenvalue weighted by molar-refractivity contribution is 6.02. The zero-order chi connectivity index (χ0) is 13.6. The third kappa shape index (κ3) is 2.21. The first-order valence-electron chi connectivity index (χ1n) is 6.92. The summed E-state index contributed by atoms with van der Waals surface area (Å²) in [5, 5.41) is 2.86. The van der Waals surface area contributed by atoms with Crippen molar-refractivity contribution in [2.45, 2.75) is 32.7 Å². The third-order valence-corrected chi connectivity index (χ3v) is 4.18. The first-order valence-corrected chi connectivity index (χ1v) is 6.92. The molecule has 2 aliphatic heterocycles. The number of fused-ring (bicyclic) bond motifs is 1. The van der Waals surface area contributed by atoms with Gasteiger partial charge in [0.15, 0.2) is 0 Å². The smallest absolute Gasteiger partial charge is 0.245 e. The van der Waals surface area contributed by atoms with Crippen molar-refractivity contribution in [1.82, 2.24) is 0 Å². The van der Waals surface area contributed by atoms with Gasteiger partial charge in [-0.1, -0.05) is 19.9 Å². The predicted molar refractivity (Wildman–Crippen MR) is 77.2 cm³/mol. The van der Waals surface area contributed by atoms with Crippen LogP contribution in [0.1, 0.15) is 38.3 Å². The van der Waals surface area contributed by atoms with Gasteiger partial charge in [-0.3, -0.25) is 4.79 Å². The van der Waals surface area contributed by atoms with Gasteiger partial charge in [-0.25, -0.2) is 0 Å². The molecule has 1 aromatic rings. The van der Waals surface area contributed by atoms with E-state index in [4.69, 9.17) is 5.73 Å². The molecule has 0 aliphatic carbocycles. The van der Waals surface area contributed by atoms with Crippen molar-refractivity contribution < 1.29 is 4.79 Å². The Kier molecular flexibility index (Phi) is 2.78. The first kappa shape index (κ1) is 12.5. The maximum atomic E-state index is 11.6. The van der Waals surface area contributed by atoms with E-state index in [9.17, 15) is 4.79 Å². The molecule has 1 aromatic carbocycles. The number of carbonyl (C=O) groups excluding carboxylic acids is 1. The highest BCUT2D eigenvalue weighted by atomic mass is 16.2. The number of carbonyl (C=O) groups is 1. The predicted octanol–water partition coefficient (Wildman–Crippen LogP) is 2.26. The SMILES string of the molecule is CC1(C)CCCN(c2ccc3c(c2)NC(=O)C3N)C1. The maximum Gasteiger partial charge on any atom is 0.245 e. The minimum atomic E-state index is -0.512. The van der Waals surface area contributed by atoms with Crippen molar-refractivity contribution in [3.8, 4) is 0 Å². The summed E-state index contributed by atoms with van der Waals surface area (Å²) in [6, 6.07) is 5.61. The Hall–Kier alpha value is -1.55. The van der Waals surface area contributed by atoms with Crippen molar-refractivity contribution in [2.75, 3.05) is 23.3 Å². The van der Waals surface area contributed by atoms with E-state index in [-0.39, 0.29) is 5.91 Å². The molecule has 19 heavy (non-hydrogen) atoms. The second-order valence-corrected chi connectivity index (χ2v) is 6.43.